The summed E-state index contributed by atoms with van der Waals surface area (Å²) in [7, 11) is 0. The first-order valence-electron chi connectivity index (χ1n) is 5.51. The van der Waals surface area contributed by atoms with Gasteiger partial charge < -0.3 is 9.84 Å². The Morgan fingerprint density at radius 3 is 2.67 bits per heavy atom. The van der Waals surface area contributed by atoms with Crippen LogP contribution < -0.4 is 0 Å². The number of hydrogen-bond donors (Lipinski definition) is 1. The van der Waals surface area contributed by atoms with E-state index in [-0.39, 0.29) is 5.75 Å². The van der Waals surface area contributed by atoms with Crippen molar-refractivity contribution in [3.63, 3.8) is 0 Å². The molecule has 0 atom stereocenters. The molecule has 0 spiro atoms. The number of aromatic hydroxyl groups is 1. The lowest BCUT2D eigenvalue weighted by molar-refractivity contribution is 0.0544. The molecule has 0 amide bonds. The number of hydrogen-bond acceptors (Lipinski definition) is 3. The normalized spacial score (nSPS) is 11.8. The van der Waals surface area contributed by atoms with Crippen molar-refractivity contribution >= 4 is 32.9 Å². The van der Waals surface area contributed by atoms with Crippen molar-refractivity contribution in [1.82, 2.24) is 4.57 Å². The lowest BCUT2D eigenvalue weighted by Crippen LogP contribution is -2.26. The Balaban J connectivity index is 2.49. The van der Waals surface area contributed by atoms with E-state index in [2.05, 4.69) is 15.9 Å². The summed E-state index contributed by atoms with van der Waals surface area (Å²) in [5.74, 6) is 0.158. The van der Waals surface area contributed by atoms with Crippen LogP contribution in [0.2, 0.25) is 0 Å². The van der Waals surface area contributed by atoms with Crippen LogP contribution in [0.1, 0.15) is 20.8 Å². The van der Waals surface area contributed by atoms with E-state index in [0.29, 0.717) is 5.52 Å². The molecule has 1 heterocycles. The van der Waals surface area contributed by atoms with Gasteiger partial charge in [0.2, 0.25) is 0 Å². The van der Waals surface area contributed by atoms with Crippen LogP contribution in [0.15, 0.2) is 28.9 Å². The summed E-state index contributed by atoms with van der Waals surface area (Å²) >= 11 is 3.36. The van der Waals surface area contributed by atoms with E-state index >= 15 is 0 Å². The van der Waals surface area contributed by atoms with Gasteiger partial charge in [0.05, 0.1) is 5.52 Å². The molecule has 0 aliphatic rings. The van der Waals surface area contributed by atoms with Crippen LogP contribution in [-0.2, 0) is 4.74 Å². The smallest absolute Gasteiger partial charge is 0.419 e. The second-order valence-electron chi connectivity index (χ2n) is 5.03. The van der Waals surface area contributed by atoms with Crippen molar-refractivity contribution < 1.29 is 14.6 Å². The lowest BCUT2D eigenvalue weighted by atomic mass is 10.2. The van der Waals surface area contributed by atoms with Crippen molar-refractivity contribution in [1.29, 1.82) is 0 Å². The molecule has 0 saturated heterocycles. The summed E-state index contributed by atoms with van der Waals surface area (Å²) in [6.45, 7) is 5.45. The van der Waals surface area contributed by atoms with E-state index in [0.717, 1.165) is 9.86 Å². The lowest BCUT2D eigenvalue weighted by Gasteiger charge is -2.19. The minimum Gasteiger partial charge on any atom is -0.508 e. The Morgan fingerprint density at radius 1 is 1.39 bits per heavy atom. The zero-order valence-electron chi connectivity index (χ0n) is 10.4. The van der Waals surface area contributed by atoms with Crippen LogP contribution in [0, 0.1) is 0 Å². The fourth-order valence-electron chi connectivity index (χ4n) is 1.64. The number of fused-ring (bicyclic) bond motifs is 1. The minimum atomic E-state index is -0.545. The molecule has 2 aromatic rings. The Morgan fingerprint density at radius 2 is 2.06 bits per heavy atom. The SMILES string of the molecule is CC(C)(C)OC(=O)n1cc(Br)c2cc(O)ccc21. The van der Waals surface area contributed by atoms with E-state index in [1.165, 1.54) is 10.6 Å². The van der Waals surface area contributed by atoms with E-state index < -0.39 is 11.7 Å². The third kappa shape index (κ3) is 2.51. The highest BCUT2D eigenvalue weighted by atomic mass is 79.9. The van der Waals surface area contributed by atoms with Crippen LogP contribution in [0.25, 0.3) is 10.9 Å². The standard InChI is InChI=1S/C13H14BrNO3/c1-13(2,3)18-12(17)15-7-10(14)9-6-8(16)4-5-11(9)15/h4-7,16H,1-3H3. The molecule has 0 bridgehead atoms. The third-order valence-corrected chi connectivity index (χ3v) is 2.96. The fraction of sp³-hybridized carbons (Fsp3) is 0.308. The van der Waals surface area contributed by atoms with Gasteiger partial charge >= 0.3 is 6.09 Å². The maximum absolute atomic E-state index is 12.0. The molecule has 1 N–H and O–H groups in total. The average Bonchev–Trinajstić information content (AvgIpc) is 2.54. The van der Waals surface area contributed by atoms with E-state index in [4.69, 9.17) is 4.74 Å². The molecule has 0 radical (unpaired) electrons. The van der Waals surface area contributed by atoms with Gasteiger partial charge in [-0.25, -0.2) is 4.79 Å². The quantitative estimate of drug-likeness (QED) is 0.803. The van der Waals surface area contributed by atoms with Gasteiger partial charge in [0.25, 0.3) is 0 Å². The summed E-state index contributed by atoms with van der Waals surface area (Å²) in [6.07, 6.45) is 1.20. The number of ether oxygens (including phenoxy) is 1. The van der Waals surface area contributed by atoms with Crippen molar-refractivity contribution in [2.75, 3.05) is 0 Å². The summed E-state index contributed by atoms with van der Waals surface area (Å²) in [5, 5.41) is 10.2. The molecule has 0 aliphatic heterocycles. The molecule has 96 valence electrons. The van der Waals surface area contributed by atoms with Crippen LogP contribution in [0.5, 0.6) is 5.75 Å². The van der Waals surface area contributed by atoms with Crippen molar-refractivity contribution in [3.8, 4) is 5.75 Å². The monoisotopic (exact) mass is 311 g/mol. The topological polar surface area (TPSA) is 51.5 Å². The van der Waals surface area contributed by atoms with Gasteiger partial charge in [0.15, 0.2) is 0 Å². The Kier molecular flexibility index (Phi) is 3.11. The number of benzene rings is 1. The van der Waals surface area contributed by atoms with Gasteiger partial charge in [-0.15, -0.1) is 0 Å². The molecule has 0 unspecified atom stereocenters. The highest BCUT2D eigenvalue weighted by Gasteiger charge is 2.20. The number of phenols is 1. The minimum absolute atomic E-state index is 0.158. The third-order valence-electron chi connectivity index (χ3n) is 2.33. The van der Waals surface area contributed by atoms with Gasteiger partial charge in [-0.3, -0.25) is 4.57 Å². The van der Waals surface area contributed by atoms with Crippen molar-refractivity contribution in [2.24, 2.45) is 0 Å². The van der Waals surface area contributed by atoms with Gasteiger partial charge in [-0.2, -0.15) is 0 Å². The Bertz CT molecular complexity index is 610. The number of carbonyl (C=O) groups is 1. The number of rotatable bonds is 0. The van der Waals surface area contributed by atoms with Crippen LogP contribution in [0.3, 0.4) is 0 Å². The first kappa shape index (κ1) is 13.0. The van der Waals surface area contributed by atoms with Crippen LogP contribution >= 0.6 is 15.9 Å². The largest absolute Gasteiger partial charge is 0.508 e. The molecule has 0 aliphatic carbocycles. The van der Waals surface area contributed by atoms with Crippen LogP contribution in [0.4, 0.5) is 4.79 Å². The first-order chi connectivity index (χ1) is 8.28. The summed E-state index contributed by atoms with van der Waals surface area (Å²) in [6, 6.07) is 4.81. The number of carbonyl (C=O) groups excluding carboxylic acids is 1. The number of nitrogens with zero attached hydrogens (tertiary/aromatic N) is 1. The molecule has 1 aromatic carbocycles. The summed E-state index contributed by atoms with van der Waals surface area (Å²) in [4.78, 5) is 12.0. The zero-order chi connectivity index (χ0) is 13.5. The van der Waals surface area contributed by atoms with Gasteiger partial charge in [0, 0.05) is 16.1 Å². The molecule has 0 saturated carbocycles. The molecular formula is C13H14BrNO3. The van der Waals surface area contributed by atoms with E-state index in [9.17, 15) is 9.90 Å². The Hall–Kier alpha value is -1.49. The molecule has 1 aromatic heterocycles. The van der Waals surface area contributed by atoms with Gasteiger partial charge in [-0.05, 0) is 54.9 Å². The molecular weight excluding hydrogens is 298 g/mol. The number of aromatic nitrogens is 1. The molecule has 4 nitrogen and oxygen atoms in total. The molecule has 5 heteroatoms. The van der Waals surface area contributed by atoms with Crippen molar-refractivity contribution in [3.05, 3.63) is 28.9 Å². The van der Waals surface area contributed by atoms with E-state index in [1.807, 2.05) is 20.8 Å². The highest BCUT2D eigenvalue weighted by Crippen LogP contribution is 2.29. The Labute approximate surface area is 113 Å². The predicted molar refractivity (Wildman–Crippen MR) is 72.9 cm³/mol. The predicted octanol–water partition coefficient (Wildman–Crippen LogP) is 3.89. The van der Waals surface area contributed by atoms with Crippen LogP contribution in [-0.4, -0.2) is 21.4 Å². The highest BCUT2D eigenvalue weighted by molar-refractivity contribution is 9.10. The summed E-state index contributed by atoms with van der Waals surface area (Å²) < 4.78 is 7.47. The maximum atomic E-state index is 12.0. The number of halogens is 1. The fourth-order valence-corrected chi connectivity index (χ4v) is 2.16. The molecule has 18 heavy (non-hydrogen) atoms. The maximum Gasteiger partial charge on any atom is 0.419 e. The molecule has 0 fully saturated rings. The van der Waals surface area contributed by atoms with E-state index in [1.54, 1.807) is 18.3 Å². The van der Waals surface area contributed by atoms with Gasteiger partial charge in [0.1, 0.15) is 11.4 Å². The second kappa shape index (κ2) is 4.31. The number of phenolic OH excluding ortho intramolecular Hbond substituents is 1. The average molecular weight is 312 g/mol. The second-order valence-corrected chi connectivity index (χ2v) is 5.88. The molecule has 2 rings (SSSR count). The first-order valence-corrected chi connectivity index (χ1v) is 6.30. The summed E-state index contributed by atoms with van der Waals surface area (Å²) in [5.41, 5.74) is 0.144. The van der Waals surface area contributed by atoms with Crippen molar-refractivity contribution in [2.45, 2.75) is 26.4 Å². The van der Waals surface area contributed by atoms with Gasteiger partial charge in [-0.1, -0.05) is 0 Å². The zero-order valence-corrected chi connectivity index (χ0v) is 12.0.